The number of aromatic nitrogens is 1. The first-order valence-electron chi connectivity index (χ1n) is 6.97. The predicted octanol–water partition coefficient (Wildman–Crippen LogP) is 4.12. The maximum Gasteiger partial charge on any atom is 0.265 e. The maximum atomic E-state index is 6.02. The van der Waals surface area contributed by atoms with Crippen molar-refractivity contribution in [2.45, 2.75) is 0 Å². The fourth-order valence-electron chi connectivity index (χ4n) is 2.55. The normalized spacial score (nSPS) is 10.9. The molecule has 2 heteroatoms. The Bertz CT molecular complexity index is 925. The van der Waals surface area contributed by atoms with Crippen molar-refractivity contribution in [3.05, 3.63) is 85.1 Å². The van der Waals surface area contributed by atoms with Crippen LogP contribution in [0, 0.1) is 0 Å². The first-order chi connectivity index (χ1) is 10.4. The molecule has 1 heterocycles. The predicted molar refractivity (Wildman–Crippen MR) is 84.1 cm³/mol. The Morgan fingerprint density at radius 3 is 2.24 bits per heavy atom. The van der Waals surface area contributed by atoms with Crippen LogP contribution in [0.1, 0.15) is 0 Å². The van der Waals surface area contributed by atoms with E-state index in [1.54, 1.807) is 4.73 Å². The molecule has 0 N–H and O–H groups in total. The molecule has 100 valence electrons. The van der Waals surface area contributed by atoms with Gasteiger partial charge in [-0.15, -0.1) is 0 Å². The monoisotopic (exact) mass is 272 g/mol. The molecule has 0 amide bonds. The number of hydrogen-bond donors (Lipinski definition) is 0. The fourth-order valence-corrected chi connectivity index (χ4v) is 2.55. The molecule has 0 aliphatic carbocycles. The number of fused-ring (bicyclic) bond motifs is 2. The molecular formula is C19H14NO+. The van der Waals surface area contributed by atoms with Gasteiger partial charge < -0.3 is 0 Å². The first-order valence-corrected chi connectivity index (χ1v) is 6.97. The summed E-state index contributed by atoms with van der Waals surface area (Å²) < 4.78 is 1.80. The highest BCUT2D eigenvalue weighted by molar-refractivity contribution is 5.83. The molecule has 1 aromatic heterocycles. The third kappa shape index (κ3) is 2.21. The zero-order chi connectivity index (χ0) is 14.1. The highest BCUT2D eigenvalue weighted by atomic mass is 16.7. The van der Waals surface area contributed by atoms with Gasteiger partial charge in [0, 0.05) is 16.9 Å². The van der Waals surface area contributed by atoms with Crippen molar-refractivity contribution in [2.24, 2.45) is 0 Å². The van der Waals surface area contributed by atoms with Crippen molar-refractivity contribution in [1.82, 2.24) is 0 Å². The third-order valence-electron chi connectivity index (χ3n) is 3.60. The van der Waals surface area contributed by atoms with Gasteiger partial charge in [0.05, 0.1) is 5.39 Å². The Hall–Kier alpha value is -2.87. The minimum atomic E-state index is 0.829. The number of rotatable bonds is 2. The molecule has 3 aromatic carbocycles. The Morgan fingerprint density at radius 1 is 0.619 bits per heavy atom. The molecule has 4 aromatic rings. The lowest BCUT2D eigenvalue weighted by molar-refractivity contribution is -0.854. The van der Waals surface area contributed by atoms with Gasteiger partial charge in [-0.3, -0.25) is 0 Å². The molecule has 21 heavy (non-hydrogen) atoms. The van der Waals surface area contributed by atoms with Gasteiger partial charge in [0.25, 0.3) is 5.52 Å². The van der Waals surface area contributed by atoms with Gasteiger partial charge in [-0.2, -0.15) is 0 Å². The van der Waals surface area contributed by atoms with E-state index in [-0.39, 0.29) is 0 Å². The summed E-state index contributed by atoms with van der Waals surface area (Å²) in [5, 5.41) is 3.55. The second-order valence-electron chi connectivity index (χ2n) is 4.99. The summed E-state index contributed by atoms with van der Waals surface area (Å²) in [6, 6.07) is 26.7. The fraction of sp³-hybridized carbons (Fsp3) is 0. The maximum absolute atomic E-state index is 6.02. The molecule has 0 spiro atoms. The van der Waals surface area contributed by atoms with Gasteiger partial charge in [-0.1, -0.05) is 42.5 Å². The number of hydrogen-bond acceptors (Lipinski definition) is 1. The van der Waals surface area contributed by atoms with E-state index in [0.29, 0.717) is 0 Å². The Balaban J connectivity index is 1.79. The van der Waals surface area contributed by atoms with Crippen LogP contribution in [0.25, 0.3) is 21.7 Å². The first kappa shape index (κ1) is 11.9. The largest absolute Gasteiger partial charge is 0.265 e. The number of nitrogens with zero attached hydrogens (tertiary/aromatic N) is 1. The van der Waals surface area contributed by atoms with Crippen molar-refractivity contribution in [3.63, 3.8) is 0 Å². The van der Waals surface area contributed by atoms with Crippen molar-refractivity contribution in [1.29, 1.82) is 0 Å². The standard InChI is InChI=1S/C19H14NO/c1-2-8-17-14-18(12-11-15(17)6-1)21-20-13-5-9-16-7-3-4-10-19(16)20/h1-14H/q+1. The summed E-state index contributed by atoms with van der Waals surface area (Å²) in [7, 11) is 0. The van der Waals surface area contributed by atoms with E-state index in [2.05, 4.69) is 42.5 Å². The molecule has 0 aliphatic rings. The van der Waals surface area contributed by atoms with Gasteiger partial charge in [0.2, 0.25) is 11.9 Å². The van der Waals surface area contributed by atoms with Crippen LogP contribution >= 0.6 is 0 Å². The molecular weight excluding hydrogens is 258 g/mol. The number of para-hydroxylation sites is 1. The Kier molecular flexibility index (Phi) is 2.79. The molecule has 0 saturated heterocycles. The molecule has 0 aliphatic heterocycles. The summed E-state index contributed by atoms with van der Waals surface area (Å²) in [6.45, 7) is 0. The van der Waals surface area contributed by atoms with Gasteiger partial charge >= 0.3 is 0 Å². The zero-order valence-corrected chi connectivity index (χ0v) is 11.4. The lowest BCUT2D eigenvalue weighted by Gasteiger charge is -2.02. The summed E-state index contributed by atoms with van der Waals surface area (Å²) in [5.74, 6) is 0.829. The summed E-state index contributed by atoms with van der Waals surface area (Å²) in [4.78, 5) is 6.02. The van der Waals surface area contributed by atoms with Crippen LogP contribution in [-0.2, 0) is 0 Å². The molecule has 0 unspecified atom stereocenters. The highest BCUT2D eigenvalue weighted by Gasteiger charge is 2.10. The van der Waals surface area contributed by atoms with E-state index in [0.717, 1.165) is 16.7 Å². The second-order valence-corrected chi connectivity index (χ2v) is 4.99. The SMILES string of the molecule is c1ccc2cc(O[n+]3cccc4ccccc43)ccc2c1. The third-order valence-corrected chi connectivity index (χ3v) is 3.60. The van der Waals surface area contributed by atoms with Crippen molar-refractivity contribution in [2.75, 3.05) is 0 Å². The molecule has 0 fully saturated rings. The van der Waals surface area contributed by atoms with Crippen LogP contribution in [0.5, 0.6) is 5.75 Å². The van der Waals surface area contributed by atoms with Crippen LogP contribution in [0.15, 0.2) is 85.1 Å². The summed E-state index contributed by atoms with van der Waals surface area (Å²) in [6.07, 6.45) is 1.93. The van der Waals surface area contributed by atoms with Crippen LogP contribution in [0.4, 0.5) is 0 Å². The number of pyridine rings is 1. The van der Waals surface area contributed by atoms with Gasteiger partial charge in [0.1, 0.15) is 0 Å². The Labute approximate surface area is 122 Å². The van der Waals surface area contributed by atoms with Crippen molar-refractivity contribution >= 4 is 21.7 Å². The second kappa shape index (κ2) is 4.91. The molecule has 0 atom stereocenters. The average Bonchev–Trinajstić information content (AvgIpc) is 2.55. The van der Waals surface area contributed by atoms with E-state index in [1.807, 2.05) is 42.6 Å². The molecule has 2 nitrogen and oxygen atoms in total. The van der Waals surface area contributed by atoms with Gasteiger partial charge in [-0.25, -0.2) is 4.84 Å². The molecule has 0 bridgehead atoms. The Morgan fingerprint density at radius 2 is 1.33 bits per heavy atom. The topological polar surface area (TPSA) is 13.1 Å². The van der Waals surface area contributed by atoms with E-state index < -0.39 is 0 Å². The molecule has 0 radical (unpaired) electrons. The van der Waals surface area contributed by atoms with Gasteiger partial charge in [-0.05, 0) is 35.0 Å². The summed E-state index contributed by atoms with van der Waals surface area (Å²) in [5.41, 5.74) is 1.05. The quantitative estimate of drug-likeness (QED) is 0.500. The van der Waals surface area contributed by atoms with E-state index in [4.69, 9.17) is 4.84 Å². The van der Waals surface area contributed by atoms with Crippen LogP contribution in [0.2, 0.25) is 0 Å². The minimum absolute atomic E-state index is 0.829. The van der Waals surface area contributed by atoms with E-state index >= 15 is 0 Å². The molecule has 4 rings (SSSR count). The van der Waals surface area contributed by atoms with E-state index in [9.17, 15) is 0 Å². The average molecular weight is 272 g/mol. The van der Waals surface area contributed by atoms with Crippen LogP contribution in [-0.4, -0.2) is 0 Å². The van der Waals surface area contributed by atoms with Crippen LogP contribution < -0.4 is 9.57 Å². The zero-order valence-electron chi connectivity index (χ0n) is 11.4. The van der Waals surface area contributed by atoms with Crippen LogP contribution in [0.3, 0.4) is 0 Å². The number of benzene rings is 3. The van der Waals surface area contributed by atoms with Crippen molar-refractivity contribution in [3.8, 4) is 5.75 Å². The highest BCUT2D eigenvalue weighted by Crippen LogP contribution is 2.20. The molecule has 0 saturated carbocycles. The lowest BCUT2D eigenvalue weighted by Crippen LogP contribution is -2.39. The van der Waals surface area contributed by atoms with Crippen molar-refractivity contribution < 1.29 is 9.57 Å². The van der Waals surface area contributed by atoms with Gasteiger partial charge in [0.15, 0.2) is 0 Å². The van der Waals surface area contributed by atoms with E-state index in [1.165, 1.54) is 10.8 Å². The lowest BCUT2D eigenvalue weighted by atomic mass is 10.1. The minimum Gasteiger partial charge on any atom is -0.231 e. The smallest absolute Gasteiger partial charge is 0.231 e. The summed E-state index contributed by atoms with van der Waals surface area (Å²) >= 11 is 0.